The minimum atomic E-state index is 0. The second kappa shape index (κ2) is 9.39. The molecule has 0 aromatic heterocycles. The second-order valence-electron chi connectivity index (χ2n) is 7.63. The first kappa shape index (κ1) is 20.7. The van der Waals surface area contributed by atoms with Gasteiger partial charge < -0.3 is 15.1 Å². The number of rotatable bonds is 4. The lowest BCUT2D eigenvalue weighted by Gasteiger charge is -2.48. The number of piperidine rings is 2. The molecule has 25 heavy (non-hydrogen) atoms. The van der Waals surface area contributed by atoms with Crippen LogP contribution in [0.25, 0.3) is 0 Å². The molecular weight excluding hydrogens is 429 g/mol. The number of hydrogen-bond donors (Lipinski definition) is 1. The third-order valence-electron chi connectivity index (χ3n) is 5.62. The maximum atomic E-state index is 11.9. The van der Waals surface area contributed by atoms with Gasteiger partial charge in [0.15, 0.2) is 5.96 Å². The van der Waals surface area contributed by atoms with Gasteiger partial charge in [-0.1, -0.05) is 0 Å². The van der Waals surface area contributed by atoms with Gasteiger partial charge in [-0.25, -0.2) is 4.99 Å². The number of likely N-dealkylation sites (N-methyl/N-ethyl adjacent to an activating group) is 1. The van der Waals surface area contributed by atoms with E-state index in [9.17, 15) is 4.79 Å². The van der Waals surface area contributed by atoms with E-state index in [2.05, 4.69) is 27.0 Å². The van der Waals surface area contributed by atoms with Crippen LogP contribution in [0, 0.1) is 5.92 Å². The average Bonchev–Trinajstić information content (AvgIpc) is 3.42. The summed E-state index contributed by atoms with van der Waals surface area (Å²) < 4.78 is 0. The molecule has 7 heteroatoms. The van der Waals surface area contributed by atoms with Crippen LogP contribution in [0.3, 0.4) is 0 Å². The quantitative estimate of drug-likeness (QED) is 0.391. The maximum absolute atomic E-state index is 11.9. The van der Waals surface area contributed by atoms with Gasteiger partial charge in [0.05, 0.1) is 0 Å². The molecule has 2 atom stereocenters. The molecule has 2 heterocycles. The average molecular weight is 463 g/mol. The minimum Gasteiger partial charge on any atom is -0.357 e. The fourth-order valence-electron chi connectivity index (χ4n) is 4.20. The number of nitrogens with zero attached hydrogens (tertiary/aromatic N) is 4. The molecule has 144 valence electrons. The lowest BCUT2D eigenvalue weighted by molar-refractivity contribution is -0.127. The first-order valence-electron chi connectivity index (χ1n) is 9.59. The summed E-state index contributed by atoms with van der Waals surface area (Å²) in [6.07, 6.45) is 6.71. The van der Waals surface area contributed by atoms with Crippen molar-refractivity contribution in [3.05, 3.63) is 0 Å². The third-order valence-corrected chi connectivity index (χ3v) is 5.62. The van der Waals surface area contributed by atoms with Crippen LogP contribution < -0.4 is 5.32 Å². The van der Waals surface area contributed by atoms with E-state index in [1.807, 2.05) is 0 Å². The van der Waals surface area contributed by atoms with Gasteiger partial charge in [0.1, 0.15) is 6.54 Å². The highest BCUT2D eigenvalue weighted by atomic mass is 127. The zero-order valence-corrected chi connectivity index (χ0v) is 18.2. The highest BCUT2D eigenvalue weighted by Crippen LogP contribution is 2.38. The van der Waals surface area contributed by atoms with Crippen molar-refractivity contribution in [3.63, 3.8) is 0 Å². The molecule has 3 fully saturated rings. The van der Waals surface area contributed by atoms with Crippen molar-refractivity contribution in [2.45, 2.75) is 51.1 Å². The van der Waals surface area contributed by atoms with Crippen molar-refractivity contribution in [1.82, 2.24) is 20.0 Å². The van der Waals surface area contributed by atoms with Gasteiger partial charge in [-0.3, -0.25) is 9.69 Å². The molecule has 1 aliphatic carbocycles. The van der Waals surface area contributed by atoms with E-state index >= 15 is 0 Å². The van der Waals surface area contributed by atoms with Crippen molar-refractivity contribution in [3.8, 4) is 0 Å². The Kier molecular flexibility index (Phi) is 7.79. The van der Waals surface area contributed by atoms with Crippen LogP contribution in [0.1, 0.15) is 39.0 Å². The standard InChI is InChI=1S/C18H33N5O.HI/c1-4-19-18(20-12-17(24)21(2)3)22-11-9-16-14(13-22)6-5-10-23(16)15-7-8-15;/h14-16H,4-13H2,1-3H3,(H,19,20);1H. The number of fused-ring (bicyclic) bond motifs is 1. The summed E-state index contributed by atoms with van der Waals surface area (Å²) in [5.74, 6) is 1.72. The molecule has 1 amide bonds. The molecule has 3 aliphatic rings. The molecule has 2 unspecified atom stereocenters. The normalized spacial score (nSPS) is 27.3. The summed E-state index contributed by atoms with van der Waals surface area (Å²) in [6.45, 7) is 6.59. The molecule has 3 rings (SSSR count). The Labute approximate surface area is 169 Å². The van der Waals surface area contributed by atoms with Crippen molar-refractivity contribution in [1.29, 1.82) is 0 Å². The minimum absolute atomic E-state index is 0. The molecule has 0 spiro atoms. The van der Waals surface area contributed by atoms with Crippen molar-refractivity contribution >= 4 is 35.8 Å². The van der Waals surface area contributed by atoms with E-state index in [-0.39, 0.29) is 36.4 Å². The number of likely N-dealkylation sites (tertiary alicyclic amines) is 2. The number of guanidine groups is 1. The zero-order chi connectivity index (χ0) is 17.1. The highest BCUT2D eigenvalue weighted by Gasteiger charge is 2.42. The Morgan fingerprint density at radius 2 is 1.96 bits per heavy atom. The summed E-state index contributed by atoms with van der Waals surface area (Å²) in [6, 6.07) is 1.65. The molecule has 1 N–H and O–H groups in total. The van der Waals surface area contributed by atoms with E-state index < -0.39 is 0 Å². The Bertz CT molecular complexity index is 480. The summed E-state index contributed by atoms with van der Waals surface area (Å²) >= 11 is 0. The highest BCUT2D eigenvalue weighted by molar-refractivity contribution is 14.0. The second-order valence-corrected chi connectivity index (χ2v) is 7.63. The first-order chi connectivity index (χ1) is 11.6. The SMILES string of the molecule is CCNC(=NCC(=O)N(C)C)N1CCC2C(CCCN2C2CC2)C1.I. The molecule has 0 aromatic rings. The van der Waals surface area contributed by atoms with Gasteiger partial charge in [0.2, 0.25) is 5.91 Å². The zero-order valence-electron chi connectivity index (χ0n) is 15.9. The third kappa shape index (κ3) is 5.21. The Morgan fingerprint density at radius 1 is 1.20 bits per heavy atom. The predicted molar refractivity (Wildman–Crippen MR) is 113 cm³/mol. The van der Waals surface area contributed by atoms with Gasteiger partial charge in [-0.2, -0.15) is 0 Å². The predicted octanol–water partition coefficient (Wildman–Crippen LogP) is 1.61. The van der Waals surface area contributed by atoms with Crippen molar-refractivity contribution in [2.75, 3.05) is 46.8 Å². The number of halogens is 1. The van der Waals surface area contributed by atoms with Crippen LogP contribution >= 0.6 is 24.0 Å². The van der Waals surface area contributed by atoms with E-state index in [0.717, 1.165) is 43.6 Å². The topological polar surface area (TPSA) is 51.2 Å². The number of carbonyl (C=O) groups is 1. The lowest BCUT2D eigenvalue weighted by Crippen LogP contribution is -2.57. The number of carbonyl (C=O) groups excluding carboxylic acids is 1. The van der Waals surface area contributed by atoms with Crippen LogP contribution in [0.15, 0.2) is 4.99 Å². The van der Waals surface area contributed by atoms with Crippen molar-refractivity contribution in [2.24, 2.45) is 10.9 Å². The van der Waals surface area contributed by atoms with Crippen LogP contribution in [0.5, 0.6) is 0 Å². The molecule has 0 bridgehead atoms. The fraction of sp³-hybridized carbons (Fsp3) is 0.889. The van der Waals surface area contributed by atoms with Crippen LogP contribution in [0.2, 0.25) is 0 Å². The monoisotopic (exact) mass is 463 g/mol. The molecule has 0 aromatic carbocycles. The Morgan fingerprint density at radius 3 is 2.60 bits per heavy atom. The number of nitrogens with one attached hydrogen (secondary N) is 1. The lowest BCUT2D eigenvalue weighted by atomic mass is 9.83. The summed E-state index contributed by atoms with van der Waals surface area (Å²) in [7, 11) is 3.57. The number of aliphatic imine (C=N–C) groups is 1. The van der Waals surface area contributed by atoms with Crippen LogP contribution in [0.4, 0.5) is 0 Å². The summed E-state index contributed by atoms with van der Waals surface area (Å²) in [4.78, 5) is 23.2. The molecule has 1 saturated carbocycles. The smallest absolute Gasteiger partial charge is 0.243 e. The largest absolute Gasteiger partial charge is 0.357 e. The van der Waals surface area contributed by atoms with E-state index in [1.165, 1.54) is 38.6 Å². The Balaban J connectivity index is 0.00000225. The van der Waals surface area contributed by atoms with Gasteiger partial charge in [-0.15, -0.1) is 24.0 Å². The van der Waals surface area contributed by atoms with Gasteiger partial charge >= 0.3 is 0 Å². The molecular formula is C18H34IN5O. The van der Waals surface area contributed by atoms with Gasteiger partial charge in [-0.05, 0) is 51.5 Å². The molecule has 6 nitrogen and oxygen atoms in total. The van der Waals surface area contributed by atoms with E-state index in [1.54, 1.807) is 19.0 Å². The maximum Gasteiger partial charge on any atom is 0.243 e. The summed E-state index contributed by atoms with van der Waals surface area (Å²) in [5, 5.41) is 3.38. The molecule has 0 radical (unpaired) electrons. The Hall–Kier alpha value is -0.570. The van der Waals surface area contributed by atoms with Crippen LogP contribution in [-0.4, -0.2) is 85.5 Å². The van der Waals surface area contributed by atoms with Gasteiger partial charge in [0.25, 0.3) is 0 Å². The number of amides is 1. The van der Waals surface area contributed by atoms with E-state index in [4.69, 9.17) is 0 Å². The first-order valence-corrected chi connectivity index (χ1v) is 9.59. The summed E-state index contributed by atoms with van der Waals surface area (Å²) in [5.41, 5.74) is 0. The fourth-order valence-corrected chi connectivity index (χ4v) is 4.20. The molecule has 2 saturated heterocycles. The van der Waals surface area contributed by atoms with Crippen LogP contribution in [-0.2, 0) is 4.79 Å². The number of hydrogen-bond acceptors (Lipinski definition) is 3. The van der Waals surface area contributed by atoms with E-state index in [0.29, 0.717) is 0 Å². The van der Waals surface area contributed by atoms with Crippen molar-refractivity contribution < 1.29 is 4.79 Å². The van der Waals surface area contributed by atoms with Gasteiger partial charge in [0, 0.05) is 45.8 Å². The molecule has 2 aliphatic heterocycles.